The van der Waals surface area contributed by atoms with Crippen molar-refractivity contribution in [2.45, 2.75) is 59.9 Å². The maximum Gasteiger partial charge on any atom is 0.321 e. The van der Waals surface area contributed by atoms with E-state index in [0.29, 0.717) is 24.6 Å². The van der Waals surface area contributed by atoms with Crippen molar-refractivity contribution in [3.05, 3.63) is 11.9 Å². The Hall–Kier alpha value is -2.05. The van der Waals surface area contributed by atoms with E-state index in [1.54, 1.807) is 18.0 Å². The zero-order valence-electron chi connectivity index (χ0n) is 15.9. The van der Waals surface area contributed by atoms with Crippen molar-refractivity contribution in [1.82, 2.24) is 14.7 Å². The summed E-state index contributed by atoms with van der Waals surface area (Å²) in [7, 11) is 0. The third-order valence-electron chi connectivity index (χ3n) is 4.86. The molecule has 7 heteroatoms. The van der Waals surface area contributed by atoms with Crippen LogP contribution in [0.2, 0.25) is 0 Å². The lowest BCUT2D eigenvalue weighted by atomic mass is 9.90. The molecule has 2 rings (SSSR count). The summed E-state index contributed by atoms with van der Waals surface area (Å²) in [4.78, 5) is 25.5. The molecule has 1 aromatic rings. The number of anilines is 1. The zero-order valence-corrected chi connectivity index (χ0v) is 15.9. The molecular formula is C18H30N4O3. The minimum absolute atomic E-state index is 0.229. The zero-order chi connectivity index (χ0) is 18.8. The van der Waals surface area contributed by atoms with E-state index in [-0.39, 0.29) is 18.5 Å². The van der Waals surface area contributed by atoms with Gasteiger partial charge in [-0.25, -0.2) is 4.79 Å². The number of hydrogen-bond acceptors (Lipinski definition) is 3. The molecule has 0 spiro atoms. The van der Waals surface area contributed by atoms with E-state index >= 15 is 0 Å². The molecule has 1 aromatic heterocycles. The number of carboxylic acids is 1. The van der Waals surface area contributed by atoms with Gasteiger partial charge in [-0.15, -0.1) is 0 Å². The highest BCUT2D eigenvalue weighted by Gasteiger charge is 2.42. The van der Waals surface area contributed by atoms with Crippen molar-refractivity contribution in [3.8, 4) is 0 Å². The van der Waals surface area contributed by atoms with Crippen molar-refractivity contribution in [3.63, 3.8) is 0 Å². The standard InChI is InChI=1S/C18H30N4O3/c1-12(2)6-8-22-15(13(3)4)14(10-19-22)20-17(25)21-9-7-18(5,11-21)16(23)24/h10,12-13H,6-9,11H2,1-5H3,(H,20,25)(H,23,24). The number of aryl methyl sites for hydroxylation is 1. The van der Waals surface area contributed by atoms with Gasteiger partial charge in [0.2, 0.25) is 0 Å². The lowest BCUT2D eigenvalue weighted by Gasteiger charge is -2.21. The largest absolute Gasteiger partial charge is 0.481 e. The van der Waals surface area contributed by atoms with Gasteiger partial charge in [-0.1, -0.05) is 27.7 Å². The lowest BCUT2D eigenvalue weighted by molar-refractivity contribution is -0.146. The molecule has 2 amide bonds. The Labute approximate surface area is 149 Å². The van der Waals surface area contributed by atoms with Crippen LogP contribution in [0.3, 0.4) is 0 Å². The summed E-state index contributed by atoms with van der Waals surface area (Å²) in [6.45, 7) is 11.7. The summed E-state index contributed by atoms with van der Waals surface area (Å²) in [6, 6.07) is -0.254. The van der Waals surface area contributed by atoms with Crippen LogP contribution in [0.25, 0.3) is 0 Å². The van der Waals surface area contributed by atoms with Gasteiger partial charge in [0.25, 0.3) is 0 Å². The summed E-state index contributed by atoms with van der Waals surface area (Å²) < 4.78 is 1.96. The molecule has 1 saturated heterocycles. The molecule has 1 aliphatic rings. The first-order valence-electron chi connectivity index (χ1n) is 8.99. The van der Waals surface area contributed by atoms with Crippen molar-refractivity contribution < 1.29 is 14.7 Å². The number of aromatic nitrogens is 2. The number of nitrogens with one attached hydrogen (secondary N) is 1. The van der Waals surface area contributed by atoms with Crippen molar-refractivity contribution in [2.75, 3.05) is 18.4 Å². The number of carbonyl (C=O) groups is 2. The normalized spacial score (nSPS) is 20.5. The summed E-state index contributed by atoms with van der Waals surface area (Å²) >= 11 is 0. The van der Waals surface area contributed by atoms with Crippen LogP contribution in [0.15, 0.2) is 6.20 Å². The van der Waals surface area contributed by atoms with Crippen LogP contribution in [0.5, 0.6) is 0 Å². The van der Waals surface area contributed by atoms with E-state index in [4.69, 9.17) is 0 Å². The van der Waals surface area contributed by atoms with Gasteiger partial charge in [-0.2, -0.15) is 5.10 Å². The number of amides is 2. The highest BCUT2D eigenvalue weighted by molar-refractivity contribution is 5.91. The van der Waals surface area contributed by atoms with Gasteiger partial charge in [-0.05, 0) is 31.6 Å². The van der Waals surface area contributed by atoms with Crippen LogP contribution < -0.4 is 5.32 Å². The molecule has 0 bridgehead atoms. The molecule has 0 saturated carbocycles. The maximum absolute atomic E-state index is 12.6. The number of nitrogens with zero attached hydrogens (tertiary/aromatic N) is 3. The van der Waals surface area contributed by atoms with Gasteiger partial charge in [-0.3, -0.25) is 9.48 Å². The molecule has 2 heterocycles. The number of aliphatic carboxylic acids is 1. The first kappa shape index (κ1) is 19.3. The molecule has 0 radical (unpaired) electrons. The van der Waals surface area contributed by atoms with E-state index in [2.05, 4.69) is 38.1 Å². The molecule has 0 aromatic carbocycles. The molecular weight excluding hydrogens is 320 g/mol. The van der Waals surface area contributed by atoms with Gasteiger partial charge in [0, 0.05) is 19.6 Å². The van der Waals surface area contributed by atoms with Gasteiger partial charge in [0.15, 0.2) is 0 Å². The average Bonchev–Trinajstić information content (AvgIpc) is 3.10. The number of urea groups is 1. The van der Waals surface area contributed by atoms with E-state index < -0.39 is 11.4 Å². The molecule has 7 nitrogen and oxygen atoms in total. The summed E-state index contributed by atoms with van der Waals surface area (Å²) in [5.41, 5.74) is 0.863. The Morgan fingerprint density at radius 1 is 1.36 bits per heavy atom. The predicted octanol–water partition coefficient (Wildman–Crippen LogP) is 3.38. The second-order valence-corrected chi connectivity index (χ2v) is 7.97. The molecule has 1 aliphatic heterocycles. The van der Waals surface area contributed by atoms with Crippen LogP contribution in [-0.2, 0) is 11.3 Å². The third kappa shape index (κ3) is 4.32. The van der Waals surface area contributed by atoms with Gasteiger partial charge in [0.05, 0.1) is 23.0 Å². The highest BCUT2D eigenvalue weighted by atomic mass is 16.4. The first-order chi connectivity index (χ1) is 11.6. The minimum Gasteiger partial charge on any atom is -0.481 e. The fraction of sp³-hybridized carbons (Fsp3) is 0.722. The fourth-order valence-electron chi connectivity index (χ4n) is 3.16. The van der Waals surface area contributed by atoms with Crippen molar-refractivity contribution >= 4 is 17.7 Å². The van der Waals surface area contributed by atoms with E-state index in [1.807, 2.05) is 4.68 Å². The molecule has 0 aliphatic carbocycles. The predicted molar refractivity (Wildman–Crippen MR) is 96.7 cm³/mol. The van der Waals surface area contributed by atoms with Crippen LogP contribution >= 0.6 is 0 Å². The Morgan fingerprint density at radius 3 is 2.56 bits per heavy atom. The van der Waals surface area contributed by atoms with Crippen LogP contribution in [0, 0.1) is 11.3 Å². The van der Waals surface area contributed by atoms with E-state index in [9.17, 15) is 14.7 Å². The highest BCUT2D eigenvalue weighted by Crippen LogP contribution is 2.31. The lowest BCUT2D eigenvalue weighted by Crippen LogP contribution is -2.37. The number of likely N-dealkylation sites (tertiary alicyclic amines) is 1. The number of rotatable bonds is 6. The fourth-order valence-corrected chi connectivity index (χ4v) is 3.16. The second-order valence-electron chi connectivity index (χ2n) is 7.97. The average molecular weight is 350 g/mol. The van der Waals surface area contributed by atoms with Gasteiger partial charge in [0.1, 0.15) is 0 Å². The molecule has 140 valence electrons. The number of carbonyl (C=O) groups excluding carboxylic acids is 1. The summed E-state index contributed by atoms with van der Waals surface area (Å²) in [5.74, 6) is -0.0412. The van der Waals surface area contributed by atoms with Crippen LogP contribution in [0.1, 0.15) is 59.1 Å². The maximum atomic E-state index is 12.6. The molecule has 1 atom stereocenters. The molecule has 25 heavy (non-hydrogen) atoms. The Balaban J connectivity index is 2.09. The van der Waals surface area contributed by atoms with Gasteiger partial charge < -0.3 is 15.3 Å². The van der Waals surface area contributed by atoms with Crippen molar-refractivity contribution in [2.24, 2.45) is 11.3 Å². The molecule has 2 N–H and O–H groups in total. The Kier molecular flexibility index (Phi) is 5.75. The first-order valence-corrected chi connectivity index (χ1v) is 8.99. The van der Waals surface area contributed by atoms with Gasteiger partial charge >= 0.3 is 12.0 Å². The SMILES string of the molecule is CC(C)CCn1ncc(NC(=O)N2CCC(C)(C(=O)O)C2)c1C(C)C. The third-order valence-corrected chi connectivity index (χ3v) is 4.86. The Morgan fingerprint density at radius 2 is 2.04 bits per heavy atom. The Bertz CT molecular complexity index is 638. The molecule has 1 unspecified atom stereocenters. The van der Waals surface area contributed by atoms with Crippen molar-refractivity contribution in [1.29, 1.82) is 0 Å². The van der Waals surface area contributed by atoms with Crippen LogP contribution in [0.4, 0.5) is 10.5 Å². The van der Waals surface area contributed by atoms with E-state index in [1.165, 1.54) is 0 Å². The molecule has 1 fully saturated rings. The number of hydrogen-bond donors (Lipinski definition) is 2. The summed E-state index contributed by atoms with van der Waals surface area (Å²) in [6.07, 6.45) is 3.19. The second kappa shape index (κ2) is 7.45. The quantitative estimate of drug-likeness (QED) is 0.823. The summed E-state index contributed by atoms with van der Waals surface area (Å²) in [5, 5.41) is 16.7. The monoisotopic (exact) mass is 350 g/mol. The van der Waals surface area contributed by atoms with Crippen LogP contribution in [-0.4, -0.2) is 44.9 Å². The minimum atomic E-state index is -0.861. The topological polar surface area (TPSA) is 87.5 Å². The smallest absolute Gasteiger partial charge is 0.321 e. The van der Waals surface area contributed by atoms with E-state index in [0.717, 1.165) is 18.7 Å². The number of carboxylic acid groups (broad SMARTS) is 1.